The van der Waals surface area contributed by atoms with E-state index in [0.717, 1.165) is 10.6 Å². The van der Waals surface area contributed by atoms with Crippen molar-refractivity contribution in [2.24, 2.45) is 0 Å². The van der Waals surface area contributed by atoms with E-state index in [1.807, 2.05) is 13.8 Å². The van der Waals surface area contributed by atoms with E-state index in [1.54, 1.807) is 25.1 Å². The Morgan fingerprint density at radius 3 is 2.19 bits per heavy atom. The van der Waals surface area contributed by atoms with Crippen LogP contribution in [0.25, 0.3) is 0 Å². The minimum absolute atomic E-state index is 0.0146. The second-order valence-electron chi connectivity index (χ2n) is 8.45. The zero-order valence-electron chi connectivity index (χ0n) is 20.7. The van der Waals surface area contributed by atoms with Crippen molar-refractivity contribution in [3.8, 4) is 5.75 Å². The number of nitrogens with zero attached hydrogens (tertiary/aromatic N) is 2. The molecule has 0 heterocycles. The van der Waals surface area contributed by atoms with Crippen molar-refractivity contribution in [2.75, 3.05) is 24.2 Å². The average Bonchev–Trinajstić information content (AvgIpc) is 2.78. The molecule has 8 nitrogen and oxygen atoms in total. The predicted molar refractivity (Wildman–Crippen MR) is 145 cm³/mol. The first kappa shape index (κ1) is 30.0. The predicted octanol–water partition coefficient (Wildman–Crippen LogP) is 4.75. The van der Waals surface area contributed by atoms with Gasteiger partial charge in [-0.2, -0.15) is 0 Å². The first-order valence-corrected chi connectivity index (χ1v) is 14.1. The van der Waals surface area contributed by atoms with Gasteiger partial charge in [-0.15, -0.1) is 0 Å². The normalized spacial score (nSPS) is 12.2. The van der Waals surface area contributed by atoms with Crippen molar-refractivity contribution in [3.63, 3.8) is 0 Å². The molecule has 0 fully saturated rings. The Bertz CT molecular complexity index is 1210. The number of hydrogen-bond donors (Lipinski definition) is 1. The van der Waals surface area contributed by atoms with Crippen LogP contribution in [-0.4, -0.2) is 57.1 Å². The molecule has 2 amide bonds. The van der Waals surface area contributed by atoms with Gasteiger partial charge in [0.1, 0.15) is 18.3 Å². The molecule has 12 heteroatoms. The van der Waals surface area contributed by atoms with Crippen molar-refractivity contribution < 1.29 is 22.7 Å². The fourth-order valence-electron chi connectivity index (χ4n) is 3.56. The van der Waals surface area contributed by atoms with Crippen LogP contribution in [0.3, 0.4) is 0 Å². The van der Waals surface area contributed by atoms with Gasteiger partial charge in [0.15, 0.2) is 0 Å². The summed E-state index contributed by atoms with van der Waals surface area (Å²) in [5, 5.41) is 3.66. The lowest BCUT2D eigenvalue weighted by Crippen LogP contribution is -2.53. The SMILES string of the molecule is CC[C@@H](C(=O)NC(C)C)N(Cc1ccc(Cl)c(Cl)c1)C(=O)CN(c1ccc(OC)c(Cl)c1)S(C)(=O)=O. The van der Waals surface area contributed by atoms with Crippen LogP contribution in [0.15, 0.2) is 36.4 Å². The minimum Gasteiger partial charge on any atom is -0.495 e. The third kappa shape index (κ3) is 7.90. The van der Waals surface area contributed by atoms with Crippen LogP contribution in [0.5, 0.6) is 5.75 Å². The first-order chi connectivity index (χ1) is 16.8. The quantitative estimate of drug-likeness (QED) is 0.415. The molecular formula is C24H30Cl3N3O5S. The van der Waals surface area contributed by atoms with Crippen molar-refractivity contribution >= 4 is 62.3 Å². The molecule has 0 aliphatic rings. The van der Waals surface area contributed by atoms with Gasteiger partial charge in [-0.05, 0) is 56.2 Å². The molecule has 0 saturated carbocycles. The number of carbonyl (C=O) groups excluding carboxylic acids is 2. The van der Waals surface area contributed by atoms with Crippen LogP contribution in [0, 0.1) is 0 Å². The number of sulfonamides is 1. The van der Waals surface area contributed by atoms with Gasteiger partial charge in [0.05, 0.1) is 34.1 Å². The summed E-state index contributed by atoms with van der Waals surface area (Å²) < 4.78 is 31.4. The fraction of sp³-hybridized carbons (Fsp3) is 0.417. The molecule has 0 bridgehead atoms. The van der Waals surface area contributed by atoms with Crippen LogP contribution >= 0.6 is 34.8 Å². The fourth-order valence-corrected chi connectivity index (χ4v) is 4.97. The number of rotatable bonds is 11. The summed E-state index contributed by atoms with van der Waals surface area (Å²) in [5.41, 5.74) is 0.817. The van der Waals surface area contributed by atoms with Crippen LogP contribution in [0.4, 0.5) is 5.69 Å². The Labute approximate surface area is 227 Å². The van der Waals surface area contributed by atoms with E-state index in [9.17, 15) is 18.0 Å². The maximum atomic E-state index is 13.7. The summed E-state index contributed by atoms with van der Waals surface area (Å²) in [4.78, 5) is 28.0. The lowest BCUT2D eigenvalue weighted by atomic mass is 10.1. The lowest BCUT2D eigenvalue weighted by molar-refractivity contribution is -0.140. The number of methoxy groups -OCH3 is 1. The summed E-state index contributed by atoms with van der Waals surface area (Å²) in [6.45, 7) is 4.87. The zero-order valence-corrected chi connectivity index (χ0v) is 23.8. The molecule has 0 aliphatic carbocycles. The van der Waals surface area contributed by atoms with E-state index >= 15 is 0 Å². The Kier molecular flexibility index (Phi) is 10.7. The van der Waals surface area contributed by atoms with Gasteiger partial charge < -0.3 is 15.0 Å². The van der Waals surface area contributed by atoms with E-state index in [0.29, 0.717) is 27.8 Å². The van der Waals surface area contributed by atoms with Crippen molar-refractivity contribution in [1.29, 1.82) is 0 Å². The van der Waals surface area contributed by atoms with Gasteiger partial charge in [0.25, 0.3) is 0 Å². The molecule has 0 radical (unpaired) electrons. The zero-order chi connectivity index (χ0) is 27.2. The first-order valence-electron chi connectivity index (χ1n) is 11.1. The second kappa shape index (κ2) is 12.9. The maximum absolute atomic E-state index is 13.7. The third-order valence-electron chi connectivity index (χ3n) is 5.26. The number of amides is 2. The Balaban J connectivity index is 2.49. The molecule has 2 aromatic carbocycles. The summed E-state index contributed by atoms with van der Waals surface area (Å²) in [5.74, 6) is -0.568. The van der Waals surface area contributed by atoms with E-state index in [2.05, 4.69) is 5.32 Å². The molecule has 198 valence electrons. The van der Waals surface area contributed by atoms with Crippen LogP contribution in [-0.2, 0) is 26.2 Å². The molecule has 0 spiro atoms. The number of halogens is 3. The van der Waals surface area contributed by atoms with E-state index in [1.165, 1.54) is 30.2 Å². The molecule has 0 unspecified atom stereocenters. The Morgan fingerprint density at radius 2 is 1.69 bits per heavy atom. The molecular weight excluding hydrogens is 549 g/mol. The molecule has 2 aromatic rings. The standard InChI is InChI=1S/C24H30Cl3N3O5S/c1-6-21(24(32)28-15(2)3)29(13-16-7-9-18(25)19(26)11-16)23(31)14-30(36(5,33)34)17-8-10-22(35-4)20(27)12-17/h7-12,15,21H,6,13-14H2,1-5H3,(H,28,32)/t21-/m0/s1. The van der Waals surface area contributed by atoms with E-state index in [4.69, 9.17) is 39.5 Å². The number of benzene rings is 2. The molecule has 0 saturated heterocycles. The smallest absolute Gasteiger partial charge is 0.244 e. The Morgan fingerprint density at radius 1 is 1.03 bits per heavy atom. The molecule has 2 rings (SSSR count). The van der Waals surface area contributed by atoms with E-state index < -0.39 is 28.5 Å². The number of carbonyl (C=O) groups is 2. The molecule has 1 N–H and O–H groups in total. The monoisotopic (exact) mass is 577 g/mol. The molecule has 1 atom stereocenters. The summed E-state index contributed by atoms with van der Waals surface area (Å²) in [6.07, 6.45) is 1.29. The van der Waals surface area contributed by atoms with E-state index in [-0.39, 0.29) is 29.2 Å². The van der Waals surface area contributed by atoms with Crippen molar-refractivity contribution in [1.82, 2.24) is 10.2 Å². The maximum Gasteiger partial charge on any atom is 0.244 e. The summed E-state index contributed by atoms with van der Waals surface area (Å²) >= 11 is 18.4. The van der Waals surface area contributed by atoms with Crippen molar-refractivity contribution in [2.45, 2.75) is 45.8 Å². The molecule has 0 aliphatic heterocycles. The number of hydrogen-bond acceptors (Lipinski definition) is 5. The van der Waals surface area contributed by atoms with Gasteiger partial charge in [-0.1, -0.05) is 47.8 Å². The second-order valence-corrected chi connectivity index (χ2v) is 11.6. The minimum atomic E-state index is -3.89. The topological polar surface area (TPSA) is 96.0 Å². The summed E-state index contributed by atoms with van der Waals surface area (Å²) in [6, 6.07) is 8.30. The van der Waals surface area contributed by atoms with Gasteiger partial charge in [0.2, 0.25) is 21.8 Å². The summed E-state index contributed by atoms with van der Waals surface area (Å²) in [7, 11) is -2.46. The third-order valence-corrected chi connectivity index (χ3v) is 7.43. The number of anilines is 1. The average molecular weight is 579 g/mol. The van der Waals surface area contributed by atoms with Gasteiger partial charge >= 0.3 is 0 Å². The van der Waals surface area contributed by atoms with Crippen LogP contribution in [0.2, 0.25) is 15.1 Å². The van der Waals surface area contributed by atoms with Crippen molar-refractivity contribution in [3.05, 3.63) is 57.0 Å². The van der Waals surface area contributed by atoms with Gasteiger partial charge in [-0.3, -0.25) is 13.9 Å². The van der Waals surface area contributed by atoms with Gasteiger partial charge in [-0.25, -0.2) is 8.42 Å². The molecule has 0 aromatic heterocycles. The van der Waals surface area contributed by atoms with Crippen LogP contribution in [0.1, 0.15) is 32.8 Å². The highest BCUT2D eigenvalue weighted by molar-refractivity contribution is 7.92. The largest absolute Gasteiger partial charge is 0.495 e. The highest BCUT2D eigenvalue weighted by Crippen LogP contribution is 2.30. The highest BCUT2D eigenvalue weighted by Gasteiger charge is 2.32. The Hall–Kier alpha value is -2.20. The highest BCUT2D eigenvalue weighted by atomic mass is 35.5. The van der Waals surface area contributed by atoms with Crippen LogP contribution < -0.4 is 14.4 Å². The number of ether oxygens (including phenoxy) is 1. The molecule has 36 heavy (non-hydrogen) atoms. The lowest BCUT2D eigenvalue weighted by Gasteiger charge is -2.33. The van der Waals surface area contributed by atoms with Gasteiger partial charge in [0, 0.05) is 12.6 Å². The number of nitrogens with one attached hydrogen (secondary N) is 1.